The molecular formula is C16H28N2O2S. The molecule has 0 aromatic heterocycles. The van der Waals surface area contributed by atoms with Crippen LogP contribution < -0.4 is 10.0 Å². The normalized spacial score (nSPS) is 13.6. The first-order valence-electron chi connectivity index (χ1n) is 7.64. The summed E-state index contributed by atoms with van der Waals surface area (Å²) < 4.78 is 27.9. The van der Waals surface area contributed by atoms with Gasteiger partial charge in [-0.1, -0.05) is 33.8 Å². The van der Waals surface area contributed by atoms with E-state index in [1.54, 1.807) is 12.1 Å². The zero-order valence-corrected chi connectivity index (χ0v) is 14.5. The Morgan fingerprint density at radius 1 is 1.14 bits per heavy atom. The largest absolute Gasteiger partial charge is 0.316 e. The lowest BCUT2D eigenvalue weighted by Crippen LogP contribution is -2.38. The smallest absolute Gasteiger partial charge is 0.240 e. The molecule has 1 aromatic carbocycles. The summed E-state index contributed by atoms with van der Waals surface area (Å²) in [5.41, 5.74) is 2.22. The van der Waals surface area contributed by atoms with Gasteiger partial charge in [0.1, 0.15) is 0 Å². The molecule has 4 nitrogen and oxygen atoms in total. The third-order valence-corrected chi connectivity index (χ3v) is 5.27. The van der Waals surface area contributed by atoms with Gasteiger partial charge in [-0.3, -0.25) is 0 Å². The van der Waals surface area contributed by atoms with Gasteiger partial charge < -0.3 is 5.32 Å². The SMILES string of the molecule is CCc1ccc(S(=O)(=O)NC(CC)C(C)C)cc1CNC. The summed E-state index contributed by atoms with van der Waals surface area (Å²) in [5.74, 6) is 0.275. The highest BCUT2D eigenvalue weighted by Gasteiger charge is 2.21. The molecule has 0 amide bonds. The summed E-state index contributed by atoms with van der Waals surface area (Å²) in [6, 6.07) is 5.36. The van der Waals surface area contributed by atoms with Gasteiger partial charge in [0.05, 0.1) is 4.90 Å². The Balaban J connectivity index is 3.10. The predicted octanol–water partition coefficient (Wildman–Crippen LogP) is 2.68. The Morgan fingerprint density at radius 3 is 2.29 bits per heavy atom. The maximum atomic E-state index is 12.5. The summed E-state index contributed by atoms with van der Waals surface area (Å²) >= 11 is 0. The minimum absolute atomic E-state index is 0.0337. The number of rotatable bonds is 8. The van der Waals surface area contributed by atoms with Crippen molar-refractivity contribution in [1.82, 2.24) is 10.0 Å². The van der Waals surface area contributed by atoms with E-state index in [4.69, 9.17) is 0 Å². The van der Waals surface area contributed by atoms with Crippen molar-refractivity contribution in [3.8, 4) is 0 Å². The van der Waals surface area contributed by atoms with Crippen molar-refractivity contribution in [2.75, 3.05) is 7.05 Å². The quantitative estimate of drug-likeness (QED) is 0.776. The monoisotopic (exact) mass is 312 g/mol. The molecule has 0 radical (unpaired) electrons. The van der Waals surface area contributed by atoms with Gasteiger partial charge in [0.25, 0.3) is 0 Å². The number of aryl methyl sites for hydroxylation is 1. The van der Waals surface area contributed by atoms with Crippen molar-refractivity contribution >= 4 is 10.0 Å². The van der Waals surface area contributed by atoms with Crippen LogP contribution in [0.25, 0.3) is 0 Å². The molecule has 5 heteroatoms. The second-order valence-electron chi connectivity index (χ2n) is 5.69. The maximum absolute atomic E-state index is 12.5. The van der Waals surface area contributed by atoms with E-state index in [9.17, 15) is 8.42 Å². The fraction of sp³-hybridized carbons (Fsp3) is 0.625. The number of nitrogens with one attached hydrogen (secondary N) is 2. The highest BCUT2D eigenvalue weighted by molar-refractivity contribution is 7.89. The van der Waals surface area contributed by atoms with Crippen LogP contribution in [0.5, 0.6) is 0 Å². The van der Waals surface area contributed by atoms with Crippen molar-refractivity contribution in [2.45, 2.75) is 58.0 Å². The van der Waals surface area contributed by atoms with Gasteiger partial charge >= 0.3 is 0 Å². The lowest BCUT2D eigenvalue weighted by atomic mass is 10.0. The zero-order valence-electron chi connectivity index (χ0n) is 13.7. The first-order valence-corrected chi connectivity index (χ1v) is 9.12. The Labute approximate surface area is 129 Å². The van der Waals surface area contributed by atoms with Crippen molar-refractivity contribution in [3.05, 3.63) is 29.3 Å². The van der Waals surface area contributed by atoms with Gasteiger partial charge in [-0.05, 0) is 49.1 Å². The molecule has 0 spiro atoms. The molecule has 0 aliphatic heterocycles. The van der Waals surface area contributed by atoms with Gasteiger partial charge in [-0.15, -0.1) is 0 Å². The minimum Gasteiger partial charge on any atom is -0.316 e. The van der Waals surface area contributed by atoms with Crippen LogP contribution in [0.4, 0.5) is 0 Å². The molecule has 0 saturated heterocycles. The van der Waals surface area contributed by atoms with Gasteiger partial charge in [-0.25, -0.2) is 13.1 Å². The van der Waals surface area contributed by atoms with Crippen LogP contribution in [-0.4, -0.2) is 21.5 Å². The zero-order chi connectivity index (χ0) is 16.0. The summed E-state index contributed by atoms with van der Waals surface area (Å²) in [7, 11) is -1.59. The number of hydrogen-bond donors (Lipinski definition) is 2. The molecule has 0 aliphatic rings. The fourth-order valence-corrected chi connectivity index (χ4v) is 3.95. The third kappa shape index (κ3) is 4.80. The summed E-state index contributed by atoms with van der Waals surface area (Å²) in [4.78, 5) is 0.351. The Bertz CT molecular complexity index is 553. The number of hydrogen-bond acceptors (Lipinski definition) is 3. The second-order valence-corrected chi connectivity index (χ2v) is 7.41. The molecule has 0 aliphatic carbocycles. The van der Waals surface area contributed by atoms with Crippen molar-refractivity contribution in [1.29, 1.82) is 0 Å². The first kappa shape index (κ1) is 18.1. The van der Waals surface area contributed by atoms with E-state index in [-0.39, 0.29) is 12.0 Å². The maximum Gasteiger partial charge on any atom is 0.240 e. The lowest BCUT2D eigenvalue weighted by Gasteiger charge is -2.21. The highest BCUT2D eigenvalue weighted by Crippen LogP contribution is 2.18. The van der Waals surface area contributed by atoms with Crippen LogP contribution in [0.1, 0.15) is 45.2 Å². The molecule has 1 unspecified atom stereocenters. The van der Waals surface area contributed by atoms with Gasteiger partial charge in [-0.2, -0.15) is 0 Å². The predicted molar refractivity (Wildman–Crippen MR) is 87.8 cm³/mol. The summed E-state index contributed by atoms with van der Waals surface area (Å²) in [5, 5.41) is 3.09. The summed E-state index contributed by atoms with van der Waals surface area (Å²) in [6.07, 6.45) is 1.68. The van der Waals surface area contributed by atoms with E-state index < -0.39 is 10.0 Å². The highest BCUT2D eigenvalue weighted by atomic mass is 32.2. The molecule has 120 valence electrons. The average Bonchev–Trinajstić information content (AvgIpc) is 2.44. The van der Waals surface area contributed by atoms with E-state index in [1.165, 1.54) is 5.56 Å². The fourth-order valence-electron chi connectivity index (χ4n) is 2.43. The molecular weight excluding hydrogens is 284 g/mol. The number of sulfonamides is 1. The first-order chi connectivity index (χ1) is 9.85. The molecule has 0 saturated carbocycles. The van der Waals surface area contributed by atoms with Crippen LogP contribution >= 0.6 is 0 Å². The molecule has 1 aromatic rings. The van der Waals surface area contributed by atoms with E-state index in [0.717, 1.165) is 18.4 Å². The molecule has 0 bridgehead atoms. The molecule has 2 N–H and O–H groups in total. The van der Waals surface area contributed by atoms with Crippen LogP contribution in [0.15, 0.2) is 23.1 Å². The molecule has 1 rings (SSSR count). The molecule has 0 heterocycles. The van der Waals surface area contributed by atoms with Crippen molar-refractivity contribution < 1.29 is 8.42 Å². The van der Waals surface area contributed by atoms with Crippen LogP contribution in [0.2, 0.25) is 0 Å². The van der Waals surface area contributed by atoms with Crippen molar-refractivity contribution in [3.63, 3.8) is 0 Å². The molecule has 1 atom stereocenters. The molecule has 21 heavy (non-hydrogen) atoms. The minimum atomic E-state index is -3.46. The lowest BCUT2D eigenvalue weighted by molar-refractivity contribution is 0.437. The van der Waals surface area contributed by atoms with Crippen LogP contribution in [0.3, 0.4) is 0 Å². The van der Waals surface area contributed by atoms with Crippen molar-refractivity contribution in [2.24, 2.45) is 5.92 Å². The van der Waals surface area contributed by atoms with Gasteiger partial charge in [0.15, 0.2) is 0 Å². The summed E-state index contributed by atoms with van der Waals surface area (Å²) in [6.45, 7) is 8.81. The Morgan fingerprint density at radius 2 is 1.81 bits per heavy atom. The standard InChI is InChI=1S/C16H28N2O2S/c1-6-13-8-9-15(10-14(13)11-17-5)21(19,20)18-16(7-2)12(3)4/h8-10,12,16-18H,6-7,11H2,1-5H3. The van der Waals surface area contributed by atoms with Crippen LogP contribution in [-0.2, 0) is 23.0 Å². The van der Waals surface area contributed by atoms with E-state index in [2.05, 4.69) is 17.0 Å². The topological polar surface area (TPSA) is 58.2 Å². The van der Waals surface area contributed by atoms with E-state index >= 15 is 0 Å². The van der Waals surface area contributed by atoms with Gasteiger partial charge in [0, 0.05) is 12.6 Å². The van der Waals surface area contributed by atoms with E-state index in [0.29, 0.717) is 11.4 Å². The Hall–Kier alpha value is -0.910. The van der Waals surface area contributed by atoms with Gasteiger partial charge in [0.2, 0.25) is 10.0 Å². The van der Waals surface area contributed by atoms with Crippen LogP contribution in [0, 0.1) is 5.92 Å². The Kier molecular flexibility index (Phi) is 6.84. The number of benzene rings is 1. The average molecular weight is 312 g/mol. The third-order valence-electron chi connectivity index (χ3n) is 3.79. The molecule has 0 fully saturated rings. The second kappa shape index (κ2) is 7.92. The van der Waals surface area contributed by atoms with E-state index in [1.807, 2.05) is 33.9 Å².